The van der Waals surface area contributed by atoms with E-state index in [1.807, 2.05) is 30.3 Å². The van der Waals surface area contributed by atoms with Crippen molar-refractivity contribution < 1.29 is 14.1 Å². The highest BCUT2D eigenvalue weighted by atomic mass is 16.6. The van der Waals surface area contributed by atoms with Gasteiger partial charge in [-0.05, 0) is 19.1 Å². The monoisotopic (exact) mass is 241 g/mol. The molecule has 0 fully saturated rings. The van der Waals surface area contributed by atoms with E-state index in [2.05, 4.69) is 17.0 Å². The number of rotatable bonds is 2. The number of aryl methyl sites for hydroxylation is 1. The highest BCUT2D eigenvalue weighted by Crippen LogP contribution is 2.07. The van der Waals surface area contributed by atoms with Crippen molar-refractivity contribution in [3.63, 3.8) is 0 Å². The smallest absolute Gasteiger partial charge is 0.378 e. The van der Waals surface area contributed by atoms with Crippen LogP contribution in [-0.4, -0.2) is 17.7 Å². The molecule has 0 aliphatic carbocycles. The average Bonchev–Trinajstić information content (AvgIpc) is 2.82. The van der Waals surface area contributed by atoms with E-state index >= 15 is 0 Å². The highest BCUT2D eigenvalue weighted by Gasteiger charge is 2.14. The molecule has 0 atom stereocenters. The average molecular weight is 241 g/mol. The molecule has 0 aliphatic heterocycles. The third-order valence-corrected chi connectivity index (χ3v) is 2.22. The first-order valence-electron chi connectivity index (χ1n) is 5.39. The number of carbonyl (C=O) groups excluding carboxylic acids is 1. The summed E-state index contributed by atoms with van der Waals surface area (Å²) < 4.78 is 9.71. The van der Waals surface area contributed by atoms with Crippen LogP contribution in [0, 0.1) is 18.8 Å². The zero-order valence-corrected chi connectivity index (χ0v) is 9.84. The van der Waals surface area contributed by atoms with Crippen LogP contribution >= 0.6 is 0 Å². The molecule has 4 heteroatoms. The molecule has 90 valence electrons. The number of esters is 1. The van der Waals surface area contributed by atoms with E-state index in [1.165, 1.54) is 6.20 Å². The number of carbonyl (C=O) groups is 1. The van der Waals surface area contributed by atoms with Crippen LogP contribution < -0.4 is 0 Å². The van der Waals surface area contributed by atoms with Crippen molar-refractivity contribution in [1.82, 2.24) is 5.16 Å². The Hall–Kier alpha value is -2.54. The molecule has 1 heterocycles. The minimum Gasteiger partial charge on any atom is -0.447 e. The maximum absolute atomic E-state index is 11.5. The lowest BCUT2D eigenvalue weighted by molar-refractivity contribution is 0.0509. The summed E-state index contributed by atoms with van der Waals surface area (Å²) >= 11 is 0. The first-order chi connectivity index (χ1) is 8.77. The molecule has 4 nitrogen and oxygen atoms in total. The first kappa shape index (κ1) is 11.9. The van der Waals surface area contributed by atoms with Crippen LogP contribution in [0.2, 0.25) is 0 Å². The SMILES string of the molecule is Cc1cnoc1C(=O)OCC#Cc1ccccc1. The van der Waals surface area contributed by atoms with E-state index in [0.29, 0.717) is 5.56 Å². The van der Waals surface area contributed by atoms with Crippen LogP contribution in [0.15, 0.2) is 41.1 Å². The van der Waals surface area contributed by atoms with Gasteiger partial charge in [-0.3, -0.25) is 0 Å². The predicted molar refractivity (Wildman–Crippen MR) is 64.8 cm³/mol. The largest absolute Gasteiger partial charge is 0.447 e. The van der Waals surface area contributed by atoms with Crippen LogP contribution in [0.4, 0.5) is 0 Å². The molecule has 0 spiro atoms. The highest BCUT2D eigenvalue weighted by molar-refractivity contribution is 5.87. The second-order valence-electron chi connectivity index (χ2n) is 3.58. The molecule has 0 amide bonds. The molecule has 0 aliphatic rings. The van der Waals surface area contributed by atoms with Gasteiger partial charge in [0, 0.05) is 11.1 Å². The Balaban J connectivity index is 1.89. The van der Waals surface area contributed by atoms with Gasteiger partial charge in [-0.1, -0.05) is 35.2 Å². The summed E-state index contributed by atoms with van der Waals surface area (Å²) in [5, 5.41) is 3.51. The molecule has 0 saturated heterocycles. The second-order valence-corrected chi connectivity index (χ2v) is 3.58. The maximum Gasteiger partial charge on any atom is 0.378 e. The number of benzene rings is 1. The lowest BCUT2D eigenvalue weighted by Crippen LogP contribution is -2.05. The first-order valence-corrected chi connectivity index (χ1v) is 5.39. The molecular formula is C14H11NO3. The summed E-state index contributed by atoms with van der Waals surface area (Å²) in [4.78, 5) is 11.5. The van der Waals surface area contributed by atoms with E-state index in [0.717, 1.165) is 5.56 Å². The number of aromatic nitrogens is 1. The van der Waals surface area contributed by atoms with Crippen molar-refractivity contribution in [2.45, 2.75) is 6.92 Å². The summed E-state index contributed by atoms with van der Waals surface area (Å²) in [6.45, 7) is 1.75. The van der Waals surface area contributed by atoms with Gasteiger partial charge in [0.25, 0.3) is 0 Å². The minimum absolute atomic E-state index is 0.0217. The van der Waals surface area contributed by atoms with Crippen molar-refractivity contribution in [2.75, 3.05) is 6.61 Å². The Labute approximate surface area is 105 Å². The van der Waals surface area contributed by atoms with Crippen LogP contribution in [0.25, 0.3) is 0 Å². The van der Waals surface area contributed by atoms with Gasteiger partial charge < -0.3 is 9.26 Å². The Kier molecular flexibility index (Phi) is 3.77. The zero-order valence-electron chi connectivity index (χ0n) is 9.84. The second kappa shape index (κ2) is 5.69. The van der Waals surface area contributed by atoms with Crippen molar-refractivity contribution >= 4 is 5.97 Å². The molecule has 0 bridgehead atoms. The minimum atomic E-state index is -0.549. The normalized spacial score (nSPS) is 9.39. The third-order valence-electron chi connectivity index (χ3n) is 2.22. The summed E-state index contributed by atoms with van der Waals surface area (Å²) in [7, 11) is 0. The molecule has 0 saturated carbocycles. The van der Waals surface area contributed by atoms with Crippen molar-refractivity contribution in [2.24, 2.45) is 0 Å². The molecule has 2 rings (SSSR count). The molecule has 0 N–H and O–H groups in total. The maximum atomic E-state index is 11.5. The molecule has 18 heavy (non-hydrogen) atoms. The van der Waals surface area contributed by atoms with Gasteiger partial charge >= 0.3 is 5.97 Å². The fourth-order valence-corrected chi connectivity index (χ4v) is 1.31. The Morgan fingerprint density at radius 2 is 2.17 bits per heavy atom. The van der Waals surface area contributed by atoms with E-state index in [4.69, 9.17) is 9.26 Å². The number of hydrogen-bond donors (Lipinski definition) is 0. The Morgan fingerprint density at radius 1 is 1.39 bits per heavy atom. The van der Waals surface area contributed by atoms with Gasteiger partial charge in [0.15, 0.2) is 6.61 Å². The van der Waals surface area contributed by atoms with Crippen LogP contribution in [-0.2, 0) is 4.74 Å². The van der Waals surface area contributed by atoms with Crippen LogP contribution in [0.5, 0.6) is 0 Å². The molecular weight excluding hydrogens is 230 g/mol. The lowest BCUT2D eigenvalue weighted by atomic mass is 10.2. The van der Waals surface area contributed by atoms with E-state index in [9.17, 15) is 4.79 Å². The van der Waals surface area contributed by atoms with E-state index in [1.54, 1.807) is 6.92 Å². The predicted octanol–water partition coefficient (Wildman–Crippen LogP) is 2.19. The summed E-state index contributed by atoms with van der Waals surface area (Å²) in [5.74, 6) is 5.22. The Bertz CT molecular complexity index is 590. The van der Waals surface area contributed by atoms with Gasteiger partial charge in [-0.15, -0.1) is 0 Å². The molecule has 2 aromatic rings. The van der Waals surface area contributed by atoms with Gasteiger partial charge in [-0.2, -0.15) is 0 Å². The van der Waals surface area contributed by atoms with Gasteiger partial charge in [0.1, 0.15) is 0 Å². The number of hydrogen-bond acceptors (Lipinski definition) is 4. The fourth-order valence-electron chi connectivity index (χ4n) is 1.31. The van der Waals surface area contributed by atoms with Gasteiger partial charge in [-0.25, -0.2) is 4.79 Å². The number of nitrogens with zero attached hydrogens (tertiary/aromatic N) is 1. The Morgan fingerprint density at radius 3 is 2.83 bits per heavy atom. The van der Waals surface area contributed by atoms with Gasteiger partial charge in [0.05, 0.1) is 6.20 Å². The van der Waals surface area contributed by atoms with Crippen LogP contribution in [0.1, 0.15) is 21.7 Å². The zero-order chi connectivity index (χ0) is 12.8. The van der Waals surface area contributed by atoms with Crippen molar-refractivity contribution in [1.29, 1.82) is 0 Å². The fraction of sp³-hybridized carbons (Fsp3) is 0.143. The van der Waals surface area contributed by atoms with Crippen LogP contribution in [0.3, 0.4) is 0 Å². The molecule has 1 aromatic heterocycles. The summed E-state index contributed by atoms with van der Waals surface area (Å²) in [5.41, 5.74) is 1.53. The quantitative estimate of drug-likeness (QED) is 0.597. The molecule has 0 unspecified atom stereocenters. The summed E-state index contributed by atoms with van der Waals surface area (Å²) in [6.07, 6.45) is 1.46. The van der Waals surface area contributed by atoms with E-state index < -0.39 is 5.97 Å². The van der Waals surface area contributed by atoms with Crippen molar-refractivity contribution in [3.05, 3.63) is 53.4 Å². The van der Waals surface area contributed by atoms with Gasteiger partial charge in [0.2, 0.25) is 5.76 Å². The topological polar surface area (TPSA) is 52.3 Å². The summed E-state index contributed by atoms with van der Waals surface area (Å²) in [6, 6.07) is 9.48. The molecule has 1 aromatic carbocycles. The molecule has 0 radical (unpaired) electrons. The lowest BCUT2D eigenvalue weighted by Gasteiger charge is -1.96. The van der Waals surface area contributed by atoms with Crippen molar-refractivity contribution in [3.8, 4) is 11.8 Å². The number of ether oxygens (including phenoxy) is 1. The third kappa shape index (κ3) is 2.98. The van der Waals surface area contributed by atoms with E-state index in [-0.39, 0.29) is 12.4 Å². The standard InChI is InChI=1S/C14H11NO3/c1-11-10-15-18-13(11)14(16)17-9-5-8-12-6-3-2-4-7-12/h2-4,6-7,10H,9H2,1H3.